The minimum atomic E-state index is -0.510. The Balaban J connectivity index is 1.78. The van der Waals surface area contributed by atoms with Gasteiger partial charge in [-0.3, -0.25) is 0 Å². The molecule has 0 bridgehead atoms. The summed E-state index contributed by atoms with van der Waals surface area (Å²) in [5.74, 6) is 0.569. The summed E-state index contributed by atoms with van der Waals surface area (Å²) >= 11 is 0. The number of pyridine rings is 1. The van der Waals surface area contributed by atoms with E-state index in [1.165, 1.54) is 14.2 Å². The molecule has 1 aromatic carbocycles. The van der Waals surface area contributed by atoms with Crippen LogP contribution in [0.1, 0.15) is 15.9 Å². The van der Waals surface area contributed by atoms with E-state index in [0.29, 0.717) is 11.8 Å². The van der Waals surface area contributed by atoms with Crippen molar-refractivity contribution in [3.05, 3.63) is 65.9 Å². The van der Waals surface area contributed by atoms with Gasteiger partial charge in [-0.25, -0.2) is 9.78 Å². The smallest absolute Gasteiger partial charge is 0.342 e. The summed E-state index contributed by atoms with van der Waals surface area (Å²) in [4.78, 5) is 25.0. The van der Waals surface area contributed by atoms with Crippen LogP contribution in [0.2, 0.25) is 0 Å². The van der Waals surface area contributed by atoms with Crippen molar-refractivity contribution in [2.45, 2.75) is 6.61 Å². The van der Waals surface area contributed by atoms with Crippen molar-refractivity contribution in [3.8, 4) is 11.8 Å². The molecule has 0 aliphatic rings. The van der Waals surface area contributed by atoms with Gasteiger partial charge in [0, 0.05) is 6.20 Å². The van der Waals surface area contributed by atoms with Gasteiger partial charge >= 0.3 is 5.97 Å². The first kappa shape index (κ1) is 18.1. The van der Waals surface area contributed by atoms with E-state index >= 15 is 0 Å². The van der Waals surface area contributed by atoms with Crippen LogP contribution in [0, 0.1) is 0 Å². The maximum Gasteiger partial charge on any atom is 0.342 e. The molecular formula is C19H18N4O4. The van der Waals surface area contributed by atoms with Crippen LogP contribution in [0.5, 0.6) is 11.8 Å². The van der Waals surface area contributed by atoms with E-state index in [0.717, 1.165) is 5.56 Å². The van der Waals surface area contributed by atoms with Crippen LogP contribution in [0.15, 0.2) is 54.7 Å². The molecule has 2 aromatic heterocycles. The van der Waals surface area contributed by atoms with Crippen molar-refractivity contribution in [1.82, 2.24) is 15.0 Å². The molecule has 0 fully saturated rings. The quantitative estimate of drug-likeness (QED) is 0.638. The Labute approximate surface area is 156 Å². The number of anilines is 2. The van der Waals surface area contributed by atoms with E-state index in [1.54, 1.807) is 24.4 Å². The first-order valence-electron chi connectivity index (χ1n) is 8.09. The molecule has 2 heterocycles. The SMILES string of the molecule is COc1cc(OC)nc(Nc2ncccc2C(=O)OCc2ccccc2)n1. The number of hydrogen-bond acceptors (Lipinski definition) is 8. The third-order valence-electron chi connectivity index (χ3n) is 3.57. The summed E-state index contributed by atoms with van der Waals surface area (Å²) < 4.78 is 15.6. The Bertz CT molecular complexity index is 896. The van der Waals surface area contributed by atoms with Gasteiger partial charge in [0.1, 0.15) is 18.0 Å². The molecule has 0 amide bonds. The molecular weight excluding hydrogens is 348 g/mol. The zero-order valence-corrected chi connectivity index (χ0v) is 14.9. The third-order valence-corrected chi connectivity index (χ3v) is 3.57. The molecule has 0 spiro atoms. The van der Waals surface area contributed by atoms with Gasteiger partial charge in [-0.05, 0) is 17.7 Å². The lowest BCUT2D eigenvalue weighted by atomic mass is 10.2. The van der Waals surface area contributed by atoms with Crippen LogP contribution in [-0.2, 0) is 11.3 Å². The molecule has 138 valence electrons. The first-order chi connectivity index (χ1) is 13.2. The normalized spacial score (nSPS) is 10.1. The van der Waals surface area contributed by atoms with Gasteiger partial charge in [0.05, 0.1) is 20.3 Å². The maximum absolute atomic E-state index is 12.5. The average molecular weight is 366 g/mol. The topological polar surface area (TPSA) is 95.5 Å². The lowest BCUT2D eigenvalue weighted by Crippen LogP contribution is -2.10. The summed E-state index contributed by atoms with van der Waals surface area (Å²) in [5.41, 5.74) is 1.16. The number of nitrogens with zero attached hydrogens (tertiary/aromatic N) is 3. The van der Waals surface area contributed by atoms with Crippen LogP contribution in [-0.4, -0.2) is 35.1 Å². The summed E-state index contributed by atoms with van der Waals surface area (Å²) in [7, 11) is 2.97. The number of nitrogens with one attached hydrogen (secondary N) is 1. The Morgan fingerprint density at radius 3 is 2.37 bits per heavy atom. The zero-order chi connectivity index (χ0) is 19.1. The number of carbonyl (C=O) groups excluding carboxylic acids is 1. The standard InChI is InChI=1S/C19H18N4O4/c1-25-15-11-16(26-2)22-19(21-15)23-17-14(9-6-10-20-17)18(24)27-12-13-7-4-3-5-8-13/h3-11H,12H2,1-2H3,(H,20,21,22,23). The maximum atomic E-state index is 12.5. The highest BCUT2D eigenvalue weighted by atomic mass is 16.5. The second-order valence-electron chi connectivity index (χ2n) is 5.36. The Hall–Kier alpha value is -3.68. The number of aromatic nitrogens is 3. The molecule has 0 saturated carbocycles. The average Bonchev–Trinajstić information content (AvgIpc) is 2.72. The first-order valence-corrected chi connectivity index (χ1v) is 8.09. The fourth-order valence-electron chi connectivity index (χ4n) is 2.25. The van der Waals surface area contributed by atoms with E-state index in [9.17, 15) is 4.79 Å². The van der Waals surface area contributed by atoms with E-state index in [2.05, 4.69) is 20.3 Å². The molecule has 3 rings (SSSR count). The largest absolute Gasteiger partial charge is 0.481 e. The lowest BCUT2D eigenvalue weighted by Gasteiger charge is -2.11. The number of hydrogen-bond donors (Lipinski definition) is 1. The number of methoxy groups -OCH3 is 2. The van der Waals surface area contributed by atoms with Crippen molar-refractivity contribution in [2.75, 3.05) is 19.5 Å². The van der Waals surface area contributed by atoms with Gasteiger partial charge < -0.3 is 19.5 Å². The monoisotopic (exact) mass is 366 g/mol. The molecule has 8 heteroatoms. The minimum Gasteiger partial charge on any atom is -0.481 e. The molecule has 0 atom stereocenters. The predicted molar refractivity (Wildman–Crippen MR) is 98.2 cm³/mol. The van der Waals surface area contributed by atoms with Gasteiger partial charge in [0.15, 0.2) is 0 Å². The van der Waals surface area contributed by atoms with Crippen molar-refractivity contribution in [3.63, 3.8) is 0 Å². The van der Waals surface area contributed by atoms with Crippen molar-refractivity contribution < 1.29 is 19.0 Å². The number of carbonyl (C=O) groups is 1. The van der Waals surface area contributed by atoms with Gasteiger partial charge in [-0.15, -0.1) is 0 Å². The summed E-state index contributed by atoms with van der Waals surface area (Å²) in [6.07, 6.45) is 1.55. The second-order valence-corrected chi connectivity index (χ2v) is 5.36. The summed E-state index contributed by atoms with van der Waals surface area (Å²) in [6.45, 7) is 0.164. The fraction of sp³-hybridized carbons (Fsp3) is 0.158. The molecule has 0 aliphatic heterocycles. The molecule has 0 aliphatic carbocycles. The van der Waals surface area contributed by atoms with Crippen LogP contribution >= 0.6 is 0 Å². The predicted octanol–water partition coefficient (Wildman–Crippen LogP) is 2.99. The Morgan fingerprint density at radius 2 is 1.70 bits per heavy atom. The summed E-state index contributed by atoms with van der Waals surface area (Å²) in [6, 6.07) is 14.2. The van der Waals surface area contributed by atoms with Crippen molar-refractivity contribution in [1.29, 1.82) is 0 Å². The fourth-order valence-corrected chi connectivity index (χ4v) is 2.25. The summed E-state index contributed by atoms with van der Waals surface area (Å²) in [5, 5.41) is 2.91. The highest BCUT2D eigenvalue weighted by molar-refractivity contribution is 5.95. The van der Waals surface area contributed by atoms with Gasteiger partial charge in [0.25, 0.3) is 0 Å². The van der Waals surface area contributed by atoms with Crippen molar-refractivity contribution >= 4 is 17.7 Å². The molecule has 0 unspecified atom stereocenters. The molecule has 27 heavy (non-hydrogen) atoms. The lowest BCUT2D eigenvalue weighted by molar-refractivity contribution is 0.0473. The van der Waals surface area contributed by atoms with Gasteiger partial charge in [0.2, 0.25) is 17.7 Å². The van der Waals surface area contributed by atoms with E-state index < -0.39 is 5.97 Å². The highest BCUT2D eigenvalue weighted by Crippen LogP contribution is 2.22. The minimum absolute atomic E-state index is 0.164. The van der Waals surface area contributed by atoms with Crippen LogP contribution < -0.4 is 14.8 Å². The van der Waals surface area contributed by atoms with Crippen LogP contribution in [0.25, 0.3) is 0 Å². The molecule has 0 saturated heterocycles. The second kappa shape index (κ2) is 8.61. The molecule has 1 N–H and O–H groups in total. The molecule has 8 nitrogen and oxygen atoms in total. The number of ether oxygens (including phenoxy) is 3. The van der Waals surface area contributed by atoms with Crippen LogP contribution in [0.4, 0.5) is 11.8 Å². The number of esters is 1. The third kappa shape index (κ3) is 4.69. The molecule has 3 aromatic rings. The number of rotatable bonds is 7. The van der Waals surface area contributed by atoms with Crippen LogP contribution in [0.3, 0.4) is 0 Å². The van der Waals surface area contributed by atoms with Gasteiger partial charge in [-0.1, -0.05) is 30.3 Å². The van der Waals surface area contributed by atoms with E-state index in [-0.39, 0.29) is 23.9 Å². The Morgan fingerprint density at radius 1 is 1.00 bits per heavy atom. The van der Waals surface area contributed by atoms with Crippen molar-refractivity contribution in [2.24, 2.45) is 0 Å². The highest BCUT2D eigenvalue weighted by Gasteiger charge is 2.16. The zero-order valence-electron chi connectivity index (χ0n) is 14.9. The Kier molecular flexibility index (Phi) is 5.78. The van der Waals surface area contributed by atoms with E-state index in [1.807, 2.05) is 30.3 Å². The van der Waals surface area contributed by atoms with Gasteiger partial charge in [-0.2, -0.15) is 9.97 Å². The van der Waals surface area contributed by atoms with E-state index in [4.69, 9.17) is 14.2 Å². The molecule has 0 radical (unpaired) electrons. The number of benzene rings is 1.